The molecule has 0 bridgehead atoms. The quantitative estimate of drug-likeness (QED) is 0.0261. The maximum Gasteiger partial charge on any atom is 0.310 e. The summed E-state index contributed by atoms with van der Waals surface area (Å²) in [6, 6.07) is 0. The molecule has 0 saturated carbocycles. The van der Waals surface area contributed by atoms with E-state index in [-0.39, 0.29) is 31.6 Å². The topological polar surface area (TPSA) is 78.9 Å². The average Bonchev–Trinajstić information content (AvgIpc) is 3.40. The smallest absolute Gasteiger partial charge is 0.310 e. The van der Waals surface area contributed by atoms with E-state index in [1.807, 2.05) is 6.08 Å². The molecule has 0 aromatic carbocycles. The normalized spacial score (nSPS) is 12.7. The molecule has 0 spiro atoms. The molecule has 0 aromatic rings. The molecule has 424 valence electrons. The lowest BCUT2D eigenvalue weighted by atomic mass is 10.0. The van der Waals surface area contributed by atoms with E-state index in [1.54, 1.807) is 6.08 Å². The van der Waals surface area contributed by atoms with Crippen LogP contribution in [-0.4, -0.2) is 37.2 Å². The van der Waals surface area contributed by atoms with Gasteiger partial charge >= 0.3 is 17.9 Å². The fourth-order valence-electron chi connectivity index (χ4n) is 8.70. The van der Waals surface area contributed by atoms with Gasteiger partial charge in [-0.15, -0.1) is 0 Å². The van der Waals surface area contributed by atoms with Gasteiger partial charge in [-0.25, -0.2) is 0 Å². The van der Waals surface area contributed by atoms with Crippen LogP contribution in [-0.2, 0) is 28.6 Å². The van der Waals surface area contributed by atoms with Gasteiger partial charge in [0.05, 0.1) is 6.42 Å². The third-order valence-electron chi connectivity index (χ3n) is 13.4. The standard InChI is InChI=1S/C68H116O6/c1-4-7-10-13-16-19-22-24-26-27-28-29-30-31-32-33-34-35-36-37-38-39-40-41-43-44-46-49-52-55-58-61-67(70)73-64-65(63-72-66(69)60-57-54-51-48-21-18-15-12-9-6-3)74-68(71)62-59-56-53-50-47-45-42-25-23-20-17-14-11-8-5-2/h8,11,17,20,22,24-25,27-28,30-31,42,47,50,56,59,65H,4-7,9-10,12-16,18-19,21,23,26,29,32-41,43-46,48-49,51-55,57-58,60-64H2,1-3H3/b11-8-,20-17-,24-22-,28-27-,31-30-,42-25-,50-47-,59-56-. The number of hydrogen-bond donors (Lipinski definition) is 0. The summed E-state index contributed by atoms with van der Waals surface area (Å²) >= 11 is 0. The Morgan fingerprint density at radius 3 is 0.892 bits per heavy atom. The molecule has 0 fully saturated rings. The molecule has 0 radical (unpaired) electrons. The van der Waals surface area contributed by atoms with Crippen LogP contribution in [0.3, 0.4) is 0 Å². The first-order valence-corrected chi connectivity index (χ1v) is 31.2. The molecule has 6 heteroatoms. The minimum Gasteiger partial charge on any atom is -0.462 e. The predicted molar refractivity (Wildman–Crippen MR) is 320 cm³/mol. The van der Waals surface area contributed by atoms with Crippen molar-refractivity contribution in [2.24, 2.45) is 0 Å². The summed E-state index contributed by atoms with van der Waals surface area (Å²) in [5, 5.41) is 0. The van der Waals surface area contributed by atoms with Crippen LogP contribution in [0, 0.1) is 0 Å². The van der Waals surface area contributed by atoms with Gasteiger partial charge in [-0.3, -0.25) is 14.4 Å². The monoisotopic (exact) mass is 1030 g/mol. The van der Waals surface area contributed by atoms with E-state index in [0.29, 0.717) is 12.8 Å². The molecular formula is C68H116O6. The molecule has 0 aliphatic carbocycles. The summed E-state index contributed by atoms with van der Waals surface area (Å²) in [6.07, 6.45) is 83.2. The Labute approximate surface area is 457 Å². The maximum atomic E-state index is 12.8. The first-order valence-electron chi connectivity index (χ1n) is 31.2. The second-order valence-corrected chi connectivity index (χ2v) is 20.6. The molecule has 1 atom stereocenters. The number of allylic oxidation sites excluding steroid dienone is 15. The average molecular weight is 1030 g/mol. The Morgan fingerprint density at radius 2 is 0.568 bits per heavy atom. The highest BCUT2D eigenvalue weighted by atomic mass is 16.6. The number of carbonyl (C=O) groups excluding carboxylic acids is 3. The molecule has 0 rings (SSSR count). The van der Waals surface area contributed by atoms with Crippen molar-refractivity contribution in [2.75, 3.05) is 13.2 Å². The first-order chi connectivity index (χ1) is 36.5. The van der Waals surface area contributed by atoms with Gasteiger partial charge in [0.1, 0.15) is 13.2 Å². The molecule has 0 heterocycles. The van der Waals surface area contributed by atoms with Crippen LogP contribution in [0.4, 0.5) is 0 Å². The summed E-state index contributed by atoms with van der Waals surface area (Å²) < 4.78 is 16.7. The van der Waals surface area contributed by atoms with Crippen molar-refractivity contribution in [3.8, 4) is 0 Å². The highest BCUT2D eigenvalue weighted by Gasteiger charge is 2.19. The molecule has 0 saturated heterocycles. The molecule has 0 aliphatic rings. The van der Waals surface area contributed by atoms with Crippen molar-refractivity contribution in [1.29, 1.82) is 0 Å². The largest absolute Gasteiger partial charge is 0.462 e. The number of hydrogen-bond acceptors (Lipinski definition) is 6. The molecule has 0 N–H and O–H groups in total. The van der Waals surface area contributed by atoms with Crippen LogP contribution in [0.2, 0.25) is 0 Å². The Morgan fingerprint density at radius 1 is 0.297 bits per heavy atom. The second-order valence-electron chi connectivity index (χ2n) is 20.6. The molecule has 0 aliphatic heterocycles. The lowest BCUT2D eigenvalue weighted by Crippen LogP contribution is -2.30. The van der Waals surface area contributed by atoms with Crippen molar-refractivity contribution >= 4 is 17.9 Å². The van der Waals surface area contributed by atoms with Crippen LogP contribution in [0.5, 0.6) is 0 Å². The van der Waals surface area contributed by atoms with Gasteiger partial charge in [0, 0.05) is 12.8 Å². The Bertz CT molecular complexity index is 1460. The first kappa shape index (κ1) is 70.3. The number of esters is 3. The summed E-state index contributed by atoms with van der Waals surface area (Å²) in [5.41, 5.74) is 0. The van der Waals surface area contributed by atoms with Crippen LogP contribution >= 0.6 is 0 Å². The van der Waals surface area contributed by atoms with Crippen molar-refractivity contribution < 1.29 is 28.6 Å². The fourth-order valence-corrected chi connectivity index (χ4v) is 8.70. The molecule has 0 aromatic heterocycles. The van der Waals surface area contributed by atoms with Crippen LogP contribution in [0.15, 0.2) is 97.2 Å². The minimum atomic E-state index is -0.829. The van der Waals surface area contributed by atoms with Crippen LogP contribution in [0.1, 0.15) is 297 Å². The van der Waals surface area contributed by atoms with Crippen LogP contribution in [0.25, 0.3) is 0 Å². The number of carbonyl (C=O) groups is 3. The van der Waals surface area contributed by atoms with Gasteiger partial charge in [-0.2, -0.15) is 0 Å². The zero-order chi connectivity index (χ0) is 53.6. The van der Waals surface area contributed by atoms with Crippen molar-refractivity contribution in [3.63, 3.8) is 0 Å². The van der Waals surface area contributed by atoms with Crippen molar-refractivity contribution in [3.05, 3.63) is 97.2 Å². The lowest BCUT2D eigenvalue weighted by Gasteiger charge is -2.18. The zero-order valence-corrected chi connectivity index (χ0v) is 48.6. The third kappa shape index (κ3) is 59.2. The van der Waals surface area contributed by atoms with Crippen LogP contribution < -0.4 is 0 Å². The SMILES string of the molecule is CC/C=C\C/C=C\C/C=C\C/C=C\C/C=C\CC(=O)OC(COC(=O)CCCCCCCCCCCC)COC(=O)CCCCCCCCCCCCCCCCCC/C=C\C/C=C\C/C=C\CCCCCCC. The number of unbranched alkanes of at least 4 members (excludes halogenated alkanes) is 30. The van der Waals surface area contributed by atoms with Gasteiger partial charge < -0.3 is 14.2 Å². The van der Waals surface area contributed by atoms with E-state index < -0.39 is 12.1 Å². The minimum absolute atomic E-state index is 0.0979. The Kier molecular flexibility index (Phi) is 58.8. The van der Waals surface area contributed by atoms with Gasteiger partial charge in [0.25, 0.3) is 0 Å². The summed E-state index contributed by atoms with van der Waals surface area (Å²) in [7, 11) is 0. The Hall–Kier alpha value is -3.67. The summed E-state index contributed by atoms with van der Waals surface area (Å²) in [6.45, 7) is 6.43. The van der Waals surface area contributed by atoms with Gasteiger partial charge in [-0.1, -0.05) is 291 Å². The molecular weight excluding hydrogens is 913 g/mol. The van der Waals surface area contributed by atoms with Gasteiger partial charge in [0.2, 0.25) is 0 Å². The molecule has 0 amide bonds. The Balaban J connectivity index is 4.19. The lowest BCUT2D eigenvalue weighted by molar-refractivity contribution is -0.166. The van der Waals surface area contributed by atoms with Gasteiger partial charge in [-0.05, 0) is 83.5 Å². The fraction of sp³-hybridized carbons (Fsp3) is 0.721. The van der Waals surface area contributed by atoms with Crippen molar-refractivity contribution in [1.82, 2.24) is 0 Å². The summed E-state index contributed by atoms with van der Waals surface area (Å²) in [4.78, 5) is 38.0. The highest BCUT2D eigenvalue weighted by molar-refractivity contribution is 5.72. The zero-order valence-electron chi connectivity index (χ0n) is 48.6. The van der Waals surface area contributed by atoms with Gasteiger partial charge in [0.15, 0.2) is 6.10 Å². The third-order valence-corrected chi connectivity index (χ3v) is 13.4. The molecule has 74 heavy (non-hydrogen) atoms. The van der Waals surface area contributed by atoms with E-state index in [1.165, 1.54) is 173 Å². The molecule has 1 unspecified atom stereocenters. The van der Waals surface area contributed by atoms with E-state index in [4.69, 9.17) is 14.2 Å². The van der Waals surface area contributed by atoms with E-state index in [9.17, 15) is 14.4 Å². The van der Waals surface area contributed by atoms with Crippen molar-refractivity contribution in [2.45, 2.75) is 303 Å². The predicted octanol–water partition coefficient (Wildman–Crippen LogP) is 21.3. The molecule has 6 nitrogen and oxygen atoms in total. The second kappa shape index (κ2) is 61.9. The van der Waals surface area contributed by atoms with E-state index in [0.717, 1.165) is 83.5 Å². The summed E-state index contributed by atoms with van der Waals surface area (Å²) in [5.74, 6) is -1.04. The maximum absolute atomic E-state index is 12.8. The highest BCUT2D eigenvalue weighted by Crippen LogP contribution is 2.16. The number of ether oxygens (including phenoxy) is 3. The van der Waals surface area contributed by atoms with E-state index in [2.05, 4.69) is 106 Å². The number of rotatable bonds is 56. The van der Waals surface area contributed by atoms with E-state index >= 15 is 0 Å².